The zero-order chi connectivity index (χ0) is 81.2. The van der Waals surface area contributed by atoms with Gasteiger partial charge in [0.25, 0.3) is 0 Å². The summed E-state index contributed by atoms with van der Waals surface area (Å²) in [6, 6.07) is 119. The number of alkyl halides is 2. The molecule has 5 aromatic heterocycles. The lowest BCUT2D eigenvalue weighted by molar-refractivity contribution is 0.426. The van der Waals surface area contributed by atoms with E-state index in [1.54, 1.807) is 13.0 Å². The van der Waals surface area contributed by atoms with Gasteiger partial charge >= 0.3 is 7.12 Å². The highest BCUT2D eigenvalue weighted by atomic mass is 79.9. The summed E-state index contributed by atoms with van der Waals surface area (Å²) in [5.74, 6) is 0. The number of H-pyrrole nitrogens is 2. The van der Waals surface area contributed by atoms with Crippen molar-refractivity contribution in [2.24, 2.45) is 0 Å². The Hall–Kier alpha value is -12.0. The molecule has 24 rings (SSSR count). The first-order valence-corrected chi connectivity index (χ1v) is 43.0. The number of aromatic nitrogens is 5. The highest BCUT2D eigenvalue weighted by Crippen LogP contribution is 2.54. The summed E-state index contributed by atoms with van der Waals surface area (Å²) in [6.07, 6.45) is 0. The highest BCUT2D eigenvalue weighted by molar-refractivity contribution is 9.10. The molecule has 0 fully saturated rings. The highest BCUT2D eigenvalue weighted by Gasteiger charge is 2.39. The number of rotatable bonds is 6. The van der Waals surface area contributed by atoms with Gasteiger partial charge in [-0.05, 0) is 247 Å². The maximum Gasteiger partial charge on any atom is 0.488 e. The summed E-state index contributed by atoms with van der Waals surface area (Å²) >= 11 is 17.1. The lowest BCUT2D eigenvalue weighted by Crippen LogP contribution is -2.29. The molecule has 5 heterocycles. The van der Waals surface area contributed by atoms with Crippen LogP contribution in [0.15, 0.2) is 337 Å². The molecule has 0 saturated carbocycles. The van der Waals surface area contributed by atoms with E-state index in [0.29, 0.717) is 5.46 Å². The van der Waals surface area contributed by atoms with Crippen LogP contribution >= 0.6 is 55.1 Å². The molecule has 0 radical (unpaired) electrons. The SMILES string of the molecule is Brc1ccc2[nH]c3ccc(Br)cc3c2c1.C.CC(Cl)Cl.CC1(C)c2ccccc2-c2ccc(-n3c4ccccc4c4cc(-c5ccc6[nH]c7ccc(-c8ccc9c(c8)c8ccccc8n9-c8ccc9c(c8)C(C)(C)c8ccccc8-9)cc7c6c5)ccc43)cc21.CC1(C)c2ccccc2-c2ccc(-n3c4ccccc4c4cc(B(O)O)ccc43)cc21.F. The first kappa shape index (κ1) is 78.8. The van der Waals surface area contributed by atoms with Crippen LogP contribution in [0.2, 0.25) is 0 Å². The van der Waals surface area contributed by atoms with E-state index in [1.165, 1.54) is 177 Å². The van der Waals surface area contributed by atoms with Gasteiger partial charge in [-0.2, -0.15) is 0 Å². The smallest absolute Gasteiger partial charge is 0.423 e. The molecule has 0 bridgehead atoms. The average molecular weight is 1750 g/mol. The summed E-state index contributed by atoms with van der Waals surface area (Å²) in [4.78, 5) is 6.91. The van der Waals surface area contributed by atoms with E-state index in [-0.39, 0.29) is 33.2 Å². The Balaban J connectivity index is 0.000000152. The molecule has 3 aliphatic carbocycles. The summed E-state index contributed by atoms with van der Waals surface area (Å²) in [5.41, 5.74) is 36.6. The first-order valence-electron chi connectivity index (χ1n) is 40.6. The third-order valence-electron chi connectivity index (χ3n) is 25.6. The maximum absolute atomic E-state index is 9.68. The molecular weight excluding hydrogens is 1660 g/mol. The Kier molecular flexibility index (Phi) is 19.5. The van der Waals surface area contributed by atoms with Crippen LogP contribution in [0.1, 0.15) is 89.3 Å². The molecule has 7 nitrogen and oxygen atoms in total. The summed E-state index contributed by atoms with van der Waals surface area (Å²) < 4.78 is 9.41. The van der Waals surface area contributed by atoms with Crippen molar-refractivity contribution in [2.45, 2.75) is 77.0 Å². The van der Waals surface area contributed by atoms with Crippen molar-refractivity contribution in [3.63, 3.8) is 0 Å². The number of hydrogen-bond acceptors (Lipinski definition) is 2. The number of nitrogens with zero attached hydrogens (tertiary/aromatic N) is 3. The number of halogens is 5. The Labute approximate surface area is 728 Å². The van der Waals surface area contributed by atoms with E-state index >= 15 is 0 Å². The fourth-order valence-electron chi connectivity index (χ4n) is 19.9. The van der Waals surface area contributed by atoms with Crippen LogP contribution in [0, 0.1) is 0 Å². The molecule has 0 spiro atoms. The van der Waals surface area contributed by atoms with Gasteiger partial charge in [-0.1, -0.05) is 263 Å². The van der Waals surface area contributed by atoms with Crippen LogP contribution in [0.25, 0.3) is 182 Å². The van der Waals surface area contributed by atoms with E-state index in [9.17, 15) is 10.0 Å². The van der Waals surface area contributed by atoms with Crippen LogP contribution in [-0.2, 0) is 16.2 Å². The van der Waals surface area contributed by atoms with Gasteiger partial charge in [0.15, 0.2) is 0 Å². The van der Waals surface area contributed by atoms with E-state index in [2.05, 4.69) is 382 Å². The van der Waals surface area contributed by atoms with Gasteiger partial charge < -0.3 is 33.7 Å². The molecule has 13 heteroatoms. The molecule has 21 aromatic rings. The van der Waals surface area contributed by atoms with Crippen LogP contribution in [0.4, 0.5) is 4.70 Å². The predicted octanol–water partition coefficient (Wildman–Crippen LogP) is 29.7. The van der Waals surface area contributed by atoms with Crippen molar-refractivity contribution in [1.82, 2.24) is 23.7 Å². The third kappa shape index (κ3) is 12.8. The number of aromatic amines is 2. The quantitative estimate of drug-likeness (QED) is 0.0988. The lowest BCUT2D eigenvalue weighted by Gasteiger charge is -2.22. The van der Waals surface area contributed by atoms with Gasteiger partial charge in [-0.25, -0.2) is 0 Å². The second kappa shape index (κ2) is 30.0. The molecule has 0 saturated heterocycles. The van der Waals surface area contributed by atoms with Gasteiger partial charge in [0, 0.05) is 118 Å². The second-order valence-electron chi connectivity index (χ2n) is 33.5. The molecule has 0 amide bonds. The zero-order valence-corrected chi connectivity index (χ0v) is 71.7. The average Bonchev–Trinajstić information content (AvgIpc) is 1.59. The topological polar surface area (TPSA) is 86.8 Å². The fraction of sp³-hybridized carbons (Fsp3) is 0.111. The van der Waals surface area contributed by atoms with Gasteiger partial charge in [-0.15, -0.1) is 23.2 Å². The number of benzene rings is 16. The predicted molar refractivity (Wildman–Crippen MR) is 520 cm³/mol. The molecule has 16 aromatic carbocycles. The molecule has 0 aliphatic heterocycles. The van der Waals surface area contributed by atoms with Gasteiger partial charge in [0.05, 0.1) is 33.1 Å². The van der Waals surface area contributed by atoms with Crippen LogP contribution in [0.3, 0.4) is 0 Å². The Morgan fingerprint density at radius 3 is 0.901 bits per heavy atom. The standard InChI is InChI=1S/C66H47N3.C27H22BNO2.C12H7Br2N.C2H4Cl2.CH4.FH/c1-65(2)55-17-9-5-13-45(55)47-27-25-43(37-57(47)65)68-61-19-11-7-15-49(61)53-35-41(23-31-63(53)68)39-21-29-59-51(33-39)52-34-40(22-30-60(52)67-59)42-24-32-64-54(36-42)50-16-8-12-20-62(50)69(64)44-26-28-48-46-14-6-10-18-56(46)66(3,4)58(48)38-44;1-27(2)23-9-5-3-7-19(23)20-13-12-18(16-24(20)27)29-25-10-6-4-8-21(25)22-15-17(28(30)31)11-14-26(22)29;13-7-1-3-11-9(5-7)10-6-8(14)2-4-12(10)15-11;1-2(3)4;;/h5-38,67H,1-4H3;3-16,30-31H,1-2H3;1-6,15H;2H,1H3;1H4;1H. The van der Waals surface area contributed by atoms with Crippen molar-refractivity contribution in [3.8, 4) is 72.7 Å². The molecule has 0 atom stereocenters. The van der Waals surface area contributed by atoms with Gasteiger partial charge in [0.2, 0.25) is 0 Å². The first-order chi connectivity index (χ1) is 57.6. The number of nitrogens with one attached hydrogen (secondary N) is 2. The normalized spacial score (nSPS) is 13.5. The van der Waals surface area contributed by atoms with Crippen molar-refractivity contribution < 1.29 is 14.8 Å². The minimum atomic E-state index is -1.48. The van der Waals surface area contributed by atoms with Crippen molar-refractivity contribution in [2.75, 3.05) is 0 Å². The minimum Gasteiger partial charge on any atom is -0.423 e. The fourth-order valence-corrected chi connectivity index (χ4v) is 20.6. The minimum absolute atomic E-state index is 0. The molecule has 0 unspecified atom stereocenters. The third-order valence-corrected chi connectivity index (χ3v) is 26.6. The Morgan fingerprint density at radius 2 is 0.554 bits per heavy atom. The number of para-hydroxylation sites is 3. The monoisotopic (exact) mass is 1740 g/mol. The van der Waals surface area contributed by atoms with Crippen molar-refractivity contribution >= 4 is 177 Å². The second-order valence-corrected chi connectivity index (χ2v) is 36.9. The number of hydrogen-bond donors (Lipinski definition) is 4. The summed E-state index contributed by atoms with van der Waals surface area (Å²) in [7, 11) is -1.48. The Morgan fingerprint density at radius 1 is 0.289 bits per heavy atom. The van der Waals surface area contributed by atoms with Crippen molar-refractivity contribution in [3.05, 3.63) is 370 Å². The lowest BCUT2D eigenvalue weighted by atomic mass is 9.80. The Bertz CT molecular complexity index is 7470. The van der Waals surface area contributed by atoms with Crippen LogP contribution in [-0.4, -0.2) is 45.7 Å². The number of fused-ring (bicyclic) bond motifs is 24. The van der Waals surface area contributed by atoms with E-state index in [4.69, 9.17) is 23.2 Å². The van der Waals surface area contributed by atoms with E-state index < -0.39 is 7.12 Å². The molecule has 121 heavy (non-hydrogen) atoms. The van der Waals surface area contributed by atoms with Crippen LogP contribution < -0.4 is 5.46 Å². The van der Waals surface area contributed by atoms with Gasteiger partial charge in [0.1, 0.15) is 4.84 Å². The molecule has 592 valence electrons. The molecular formula is C108H85BBr2Cl2FN5O2. The summed E-state index contributed by atoms with van der Waals surface area (Å²) in [5, 5.41) is 31.5. The van der Waals surface area contributed by atoms with Crippen molar-refractivity contribution in [1.29, 1.82) is 0 Å². The van der Waals surface area contributed by atoms with E-state index in [0.717, 1.165) is 47.5 Å². The largest absolute Gasteiger partial charge is 0.488 e. The molecule has 4 N–H and O–H groups in total. The van der Waals surface area contributed by atoms with Crippen LogP contribution in [0.5, 0.6) is 0 Å². The van der Waals surface area contributed by atoms with Gasteiger partial charge in [-0.3, -0.25) is 4.70 Å². The molecule has 3 aliphatic rings. The maximum atomic E-state index is 9.68. The van der Waals surface area contributed by atoms with E-state index in [1.807, 2.05) is 36.4 Å². The zero-order valence-electron chi connectivity index (χ0n) is 67.0. The summed E-state index contributed by atoms with van der Waals surface area (Å²) in [6.45, 7) is 15.7.